The van der Waals surface area contributed by atoms with Crippen LogP contribution < -0.4 is 0 Å². The molecule has 10 heavy (non-hydrogen) atoms. The Bertz CT molecular complexity index is 84.0. The van der Waals surface area contributed by atoms with E-state index in [2.05, 4.69) is 9.47 Å². The van der Waals surface area contributed by atoms with Gasteiger partial charge in [-0.25, -0.2) is 4.79 Å². The van der Waals surface area contributed by atoms with Gasteiger partial charge in [0.1, 0.15) is 6.61 Å². The Balaban J connectivity index is 0. The number of aliphatic hydroxyl groups excluding tert-OH is 1. The molecule has 0 heterocycles. The Kier molecular flexibility index (Phi) is 12.6. The van der Waals surface area contributed by atoms with Crippen molar-refractivity contribution in [3.63, 3.8) is 0 Å². The number of hydrogen-bond acceptors (Lipinski definition) is 5. The van der Waals surface area contributed by atoms with Gasteiger partial charge >= 0.3 is 5.97 Å². The number of rotatable bonds is 2. The minimum atomic E-state index is -0.602. The molecule has 0 radical (unpaired) electrons. The van der Waals surface area contributed by atoms with Crippen LogP contribution in [0.1, 0.15) is 0 Å². The van der Waals surface area contributed by atoms with E-state index >= 15 is 0 Å². The van der Waals surface area contributed by atoms with E-state index < -0.39 is 12.6 Å². The van der Waals surface area contributed by atoms with Crippen LogP contribution in [0.4, 0.5) is 0 Å². The number of hydrogen-bond donors (Lipinski definition) is 1. The quantitative estimate of drug-likeness (QED) is 0.401. The number of aliphatic hydroxyl groups is 1. The highest BCUT2D eigenvalue weighted by Crippen LogP contribution is 1.63. The summed E-state index contributed by atoms with van der Waals surface area (Å²) in [5.41, 5.74) is 0. The lowest BCUT2D eigenvalue weighted by atomic mass is 10.8. The molecule has 0 aromatic rings. The molecule has 5 heteroatoms. The molecular weight excluding hydrogens is 140 g/mol. The zero-order valence-corrected chi connectivity index (χ0v) is 5.86. The normalized spacial score (nSPS) is 6.70. The SMILES string of the molecule is COC(=O)CO.COC=O. The van der Waals surface area contributed by atoms with E-state index in [4.69, 9.17) is 9.90 Å². The molecule has 1 N–H and O–H groups in total. The first-order valence-corrected chi connectivity index (χ1v) is 2.37. The minimum Gasteiger partial charge on any atom is -0.471 e. The van der Waals surface area contributed by atoms with Crippen molar-refractivity contribution in [1.82, 2.24) is 0 Å². The molecule has 0 aromatic carbocycles. The Hall–Kier alpha value is -1.10. The summed E-state index contributed by atoms with van der Waals surface area (Å²) in [4.78, 5) is 18.7. The van der Waals surface area contributed by atoms with Crippen molar-refractivity contribution in [2.24, 2.45) is 0 Å². The number of ether oxygens (including phenoxy) is 2. The van der Waals surface area contributed by atoms with Crippen molar-refractivity contribution in [1.29, 1.82) is 0 Å². The van der Waals surface area contributed by atoms with E-state index in [1.807, 2.05) is 0 Å². The molecule has 0 atom stereocenters. The average Bonchev–Trinajstić information content (AvgIpc) is 2.03. The number of methoxy groups -OCH3 is 2. The highest BCUT2D eigenvalue weighted by atomic mass is 16.5. The van der Waals surface area contributed by atoms with Gasteiger partial charge in [0.15, 0.2) is 0 Å². The standard InChI is InChI=1S/C3H6O3.C2H4O2/c1-6-3(5)2-4;1-4-2-3/h4H,2H2,1H3;2H,1H3. The van der Waals surface area contributed by atoms with E-state index in [0.717, 1.165) is 0 Å². The molecule has 0 fully saturated rings. The van der Waals surface area contributed by atoms with Gasteiger partial charge in [0.05, 0.1) is 14.2 Å². The molecule has 0 rings (SSSR count). The molecule has 0 amide bonds. The third-order valence-electron chi connectivity index (χ3n) is 0.453. The maximum Gasteiger partial charge on any atom is 0.331 e. The summed E-state index contributed by atoms with van der Waals surface area (Å²) in [7, 11) is 2.53. The third-order valence-corrected chi connectivity index (χ3v) is 0.453. The minimum absolute atomic E-state index is 0.375. The van der Waals surface area contributed by atoms with Crippen LogP contribution in [-0.2, 0) is 19.1 Å². The summed E-state index contributed by atoms with van der Waals surface area (Å²) >= 11 is 0. The molecule has 0 aromatic heterocycles. The fourth-order valence-corrected chi connectivity index (χ4v) is 0.0645. The van der Waals surface area contributed by atoms with Crippen molar-refractivity contribution in [2.75, 3.05) is 20.8 Å². The molecular formula is C5H10O5. The Morgan fingerprint density at radius 3 is 2.00 bits per heavy atom. The van der Waals surface area contributed by atoms with Gasteiger partial charge < -0.3 is 14.6 Å². The summed E-state index contributed by atoms with van der Waals surface area (Å²) in [5, 5.41) is 7.86. The van der Waals surface area contributed by atoms with Gasteiger partial charge in [0, 0.05) is 0 Å². The molecule has 5 nitrogen and oxygen atoms in total. The van der Waals surface area contributed by atoms with E-state index in [-0.39, 0.29) is 0 Å². The smallest absolute Gasteiger partial charge is 0.331 e. The first-order chi connectivity index (χ1) is 4.72. The monoisotopic (exact) mass is 150 g/mol. The van der Waals surface area contributed by atoms with Crippen molar-refractivity contribution < 1.29 is 24.2 Å². The van der Waals surface area contributed by atoms with Gasteiger partial charge in [-0.15, -0.1) is 0 Å². The summed E-state index contributed by atoms with van der Waals surface area (Å²) in [5.74, 6) is -0.602. The third kappa shape index (κ3) is 15.8. The molecule has 0 spiro atoms. The maximum atomic E-state index is 9.71. The van der Waals surface area contributed by atoms with Crippen LogP contribution in [0.25, 0.3) is 0 Å². The summed E-state index contributed by atoms with van der Waals surface area (Å²) < 4.78 is 7.87. The topological polar surface area (TPSA) is 72.8 Å². The van der Waals surface area contributed by atoms with Crippen molar-refractivity contribution in [3.05, 3.63) is 0 Å². The van der Waals surface area contributed by atoms with Gasteiger partial charge in [-0.05, 0) is 0 Å². The van der Waals surface area contributed by atoms with Crippen LogP contribution in [0.2, 0.25) is 0 Å². The van der Waals surface area contributed by atoms with Crippen LogP contribution in [-0.4, -0.2) is 38.4 Å². The summed E-state index contributed by atoms with van der Waals surface area (Å²) in [6.45, 7) is -0.156. The molecule has 0 bridgehead atoms. The molecule has 0 saturated carbocycles. The lowest BCUT2D eigenvalue weighted by Gasteiger charge is -1.86. The predicted molar refractivity (Wildman–Crippen MR) is 32.2 cm³/mol. The van der Waals surface area contributed by atoms with Crippen LogP contribution in [0, 0.1) is 0 Å². The second-order valence-electron chi connectivity index (χ2n) is 1.07. The van der Waals surface area contributed by atoms with E-state index in [0.29, 0.717) is 6.47 Å². The maximum absolute atomic E-state index is 9.71. The molecule has 0 aliphatic carbocycles. The van der Waals surface area contributed by atoms with Gasteiger partial charge in [-0.3, -0.25) is 4.79 Å². The summed E-state index contributed by atoms with van der Waals surface area (Å²) in [6, 6.07) is 0. The Labute approximate surface area is 58.5 Å². The van der Waals surface area contributed by atoms with Gasteiger partial charge in [0.2, 0.25) is 0 Å². The van der Waals surface area contributed by atoms with E-state index in [9.17, 15) is 4.79 Å². The second-order valence-corrected chi connectivity index (χ2v) is 1.07. The fourth-order valence-electron chi connectivity index (χ4n) is 0.0645. The number of carbonyl (C=O) groups is 2. The lowest BCUT2D eigenvalue weighted by Crippen LogP contribution is -2.04. The van der Waals surface area contributed by atoms with Crippen LogP contribution in [0.15, 0.2) is 0 Å². The first kappa shape index (κ1) is 11.7. The molecule has 0 aliphatic rings. The lowest BCUT2D eigenvalue weighted by molar-refractivity contribution is -0.143. The predicted octanol–water partition coefficient (Wildman–Crippen LogP) is -1.06. The largest absolute Gasteiger partial charge is 0.471 e. The zero-order valence-electron chi connectivity index (χ0n) is 5.86. The van der Waals surface area contributed by atoms with Crippen molar-refractivity contribution in [2.45, 2.75) is 0 Å². The Morgan fingerprint density at radius 1 is 1.60 bits per heavy atom. The van der Waals surface area contributed by atoms with Crippen molar-refractivity contribution >= 4 is 12.4 Å². The molecule has 60 valence electrons. The van der Waals surface area contributed by atoms with Gasteiger partial charge in [-0.1, -0.05) is 0 Å². The molecule has 0 aliphatic heterocycles. The van der Waals surface area contributed by atoms with Crippen molar-refractivity contribution in [3.8, 4) is 0 Å². The van der Waals surface area contributed by atoms with Gasteiger partial charge in [0.25, 0.3) is 6.47 Å². The second kappa shape index (κ2) is 10.8. The van der Waals surface area contributed by atoms with E-state index in [1.165, 1.54) is 14.2 Å². The van der Waals surface area contributed by atoms with Crippen LogP contribution in [0.5, 0.6) is 0 Å². The van der Waals surface area contributed by atoms with Crippen LogP contribution >= 0.6 is 0 Å². The zero-order chi connectivity index (χ0) is 8.41. The average molecular weight is 150 g/mol. The molecule has 0 saturated heterocycles. The number of carbonyl (C=O) groups excluding carboxylic acids is 2. The highest BCUT2D eigenvalue weighted by Gasteiger charge is 1.89. The summed E-state index contributed by atoms with van der Waals surface area (Å²) in [6.07, 6.45) is 0. The first-order valence-electron chi connectivity index (χ1n) is 2.37. The highest BCUT2D eigenvalue weighted by molar-refractivity contribution is 5.70. The van der Waals surface area contributed by atoms with Gasteiger partial charge in [-0.2, -0.15) is 0 Å². The Morgan fingerprint density at radius 2 is 2.00 bits per heavy atom. The number of esters is 1. The fraction of sp³-hybridized carbons (Fsp3) is 0.600. The van der Waals surface area contributed by atoms with E-state index in [1.54, 1.807) is 0 Å². The molecule has 0 unspecified atom stereocenters. The van der Waals surface area contributed by atoms with Crippen LogP contribution in [0.3, 0.4) is 0 Å².